The van der Waals surface area contributed by atoms with Crippen molar-refractivity contribution in [1.82, 2.24) is 10.3 Å². The van der Waals surface area contributed by atoms with Gasteiger partial charge in [-0.25, -0.2) is 0 Å². The van der Waals surface area contributed by atoms with Gasteiger partial charge in [-0.3, -0.25) is 14.4 Å². The van der Waals surface area contributed by atoms with Gasteiger partial charge in [0, 0.05) is 41.5 Å². The fourth-order valence-electron chi connectivity index (χ4n) is 5.93. The van der Waals surface area contributed by atoms with Crippen LogP contribution in [0.25, 0.3) is 11.1 Å². The maximum absolute atomic E-state index is 13.7. The Balaban J connectivity index is 1.50. The van der Waals surface area contributed by atoms with Crippen LogP contribution in [0.2, 0.25) is 0 Å². The van der Waals surface area contributed by atoms with Crippen molar-refractivity contribution in [3.05, 3.63) is 111 Å². The van der Waals surface area contributed by atoms with Gasteiger partial charge in [0.25, 0.3) is 11.5 Å². The fourth-order valence-corrected chi connectivity index (χ4v) is 5.93. The first-order chi connectivity index (χ1) is 20.7. The zero-order valence-electron chi connectivity index (χ0n) is 25.3. The van der Waals surface area contributed by atoms with Crippen molar-refractivity contribution in [2.75, 3.05) is 11.4 Å². The van der Waals surface area contributed by atoms with Crippen LogP contribution < -0.4 is 20.5 Å². The van der Waals surface area contributed by atoms with Crippen molar-refractivity contribution >= 4 is 17.5 Å². The standard InChI is InChI=1S/C36H39N3O4/c1-5-39(36(42)27-11-9-10-12-27)33-21-28(26-15-17-30(18-16-26)43-29-13-7-6-8-14-29)20-31(25(33)4)34(40)37-22-32-23(2)19-24(3)38-35(32)41/h6-8,13-21,27H,5,9-12,22H2,1-4H3,(H,37,40)(H,38,41). The maximum Gasteiger partial charge on any atom is 0.253 e. The number of hydrogen-bond donors (Lipinski definition) is 2. The van der Waals surface area contributed by atoms with Gasteiger partial charge in [0.15, 0.2) is 0 Å². The molecule has 0 saturated heterocycles. The molecule has 0 atom stereocenters. The molecule has 222 valence electrons. The Morgan fingerprint density at radius 2 is 1.58 bits per heavy atom. The molecule has 1 saturated carbocycles. The number of hydrogen-bond acceptors (Lipinski definition) is 4. The number of amides is 2. The van der Waals surface area contributed by atoms with Gasteiger partial charge in [-0.2, -0.15) is 0 Å². The van der Waals surface area contributed by atoms with E-state index in [1.165, 1.54) is 0 Å². The minimum absolute atomic E-state index is 0.00550. The Hall–Kier alpha value is -4.65. The molecule has 0 aliphatic heterocycles. The number of anilines is 1. The normalized spacial score (nSPS) is 13.1. The summed E-state index contributed by atoms with van der Waals surface area (Å²) in [6.07, 6.45) is 3.93. The van der Waals surface area contributed by atoms with Gasteiger partial charge in [0.2, 0.25) is 5.91 Å². The molecule has 1 heterocycles. The van der Waals surface area contributed by atoms with E-state index in [1.807, 2.05) is 105 Å². The number of aromatic amines is 1. The Morgan fingerprint density at radius 3 is 2.23 bits per heavy atom. The summed E-state index contributed by atoms with van der Waals surface area (Å²) >= 11 is 0. The number of nitrogens with one attached hydrogen (secondary N) is 2. The Bertz CT molecular complexity index is 1670. The number of carbonyl (C=O) groups is 2. The van der Waals surface area contributed by atoms with Crippen LogP contribution >= 0.6 is 0 Å². The molecule has 3 aromatic carbocycles. The molecule has 0 unspecified atom stereocenters. The van der Waals surface area contributed by atoms with Crippen molar-refractivity contribution < 1.29 is 14.3 Å². The summed E-state index contributed by atoms with van der Waals surface area (Å²) in [5.74, 6) is 1.27. The number of ether oxygens (including phenoxy) is 1. The highest BCUT2D eigenvalue weighted by molar-refractivity contribution is 6.02. The third-order valence-corrected chi connectivity index (χ3v) is 8.29. The topological polar surface area (TPSA) is 91.5 Å². The summed E-state index contributed by atoms with van der Waals surface area (Å²) in [5, 5.41) is 2.96. The van der Waals surface area contributed by atoms with Gasteiger partial charge in [0.05, 0.1) is 0 Å². The SMILES string of the molecule is CCN(C(=O)C1CCCC1)c1cc(-c2ccc(Oc3ccccc3)cc2)cc(C(=O)NCc2c(C)cc(C)[nH]c2=O)c1C. The van der Waals surface area contributed by atoms with Crippen LogP contribution in [0.1, 0.15) is 65.3 Å². The molecule has 43 heavy (non-hydrogen) atoms. The van der Waals surface area contributed by atoms with Crippen LogP contribution in [-0.4, -0.2) is 23.3 Å². The van der Waals surface area contributed by atoms with E-state index < -0.39 is 0 Å². The molecule has 1 aliphatic carbocycles. The minimum Gasteiger partial charge on any atom is -0.457 e. The molecule has 2 N–H and O–H groups in total. The highest BCUT2D eigenvalue weighted by Crippen LogP contribution is 2.35. The van der Waals surface area contributed by atoms with Crippen molar-refractivity contribution in [3.8, 4) is 22.6 Å². The van der Waals surface area contributed by atoms with Crippen LogP contribution in [0.15, 0.2) is 77.6 Å². The van der Waals surface area contributed by atoms with Crippen molar-refractivity contribution in [2.24, 2.45) is 5.92 Å². The molecular weight excluding hydrogens is 538 g/mol. The lowest BCUT2D eigenvalue weighted by Crippen LogP contribution is -2.36. The van der Waals surface area contributed by atoms with Crippen LogP contribution in [0.4, 0.5) is 5.69 Å². The zero-order chi connectivity index (χ0) is 30.5. The van der Waals surface area contributed by atoms with Crippen LogP contribution in [-0.2, 0) is 11.3 Å². The van der Waals surface area contributed by atoms with Crippen molar-refractivity contribution in [3.63, 3.8) is 0 Å². The Labute approximate surface area is 252 Å². The summed E-state index contributed by atoms with van der Waals surface area (Å²) in [4.78, 5) is 44.6. The van der Waals surface area contributed by atoms with Gasteiger partial charge in [-0.05, 0) is 105 Å². The van der Waals surface area contributed by atoms with Crippen LogP contribution in [0, 0.1) is 26.7 Å². The highest BCUT2D eigenvalue weighted by atomic mass is 16.5. The highest BCUT2D eigenvalue weighted by Gasteiger charge is 2.29. The van der Waals surface area contributed by atoms with E-state index in [-0.39, 0.29) is 29.8 Å². The third kappa shape index (κ3) is 6.72. The molecule has 0 radical (unpaired) electrons. The molecule has 0 spiro atoms. The van der Waals surface area contributed by atoms with Gasteiger partial charge < -0.3 is 19.9 Å². The van der Waals surface area contributed by atoms with E-state index in [1.54, 1.807) is 0 Å². The van der Waals surface area contributed by atoms with Gasteiger partial charge in [0.1, 0.15) is 11.5 Å². The number of para-hydroxylation sites is 1. The summed E-state index contributed by atoms with van der Waals surface area (Å²) in [6.45, 7) is 8.17. The minimum atomic E-state index is -0.298. The van der Waals surface area contributed by atoms with Crippen molar-refractivity contribution in [2.45, 2.75) is 59.9 Å². The molecule has 7 nitrogen and oxygen atoms in total. The molecule has 1 aliphatic rings. The van der Waals surface area contributed by atoms with E-state index in [0.29, 0.717) is 23.4 Å². The zero-order valence-corrected chi connectivity index (χ0v) is 25.3. The maximum atomic E-state index is 13.7. The number of aryl methyl sites for hydroxylation is 2. The molecule has 5 rings (SSSR count). The number of aromatic nitrogens is 1. The Kier molecular flexibility index (Phi) is 9.10. The second-order valence-electron chi connectivity index (χ2n) is 11.3. The number of benzene rings is 3. The quantitative estimate of drug-likeness (QED) is 0.220. The first-order valence-electron chi connectivity index (χ1n) is 15.0. The molecule has 4 aromatic rings. The largest absolute Gasteiger partial charge is 0.457 e. The van der Waals surface area contributed by atoms with Gasteiger partial charge >= 0.3 is 0 Å². The van der Waals surface area contributed by atoms with E-state index in [4.69, 9.17) is 4.74 Å². The first kappa shape index (κ1) is 29.8. The number of carbonyl (C=O) groups excluding carboxylic acids is 2. The lowest BCUT2D eigenvalue weighted by molar-refractivity contribution is -0.122. The first-order valence-corrected chi connectivity index (χ1v) is 15.0. The molecule has 1 fully saturated rings. The van der Waals surface area contributed by atoms with Gasteiger partial charge in [-0.1, -0.05) is 43.2 Å². The third-order valence-electron chi connectivity index (χ3n) is 8.29. The molecule has 2 amide bonds. The van der Waals surface area contributed by atoms with Crippen LogP contribution in [0.3, 0.4) is 0 Å². The second kappa shape index (κ2) is 13.1. The van der Waals surface area contributed by atoms with E-state index >= 15 is 0 Å². The summed E-state index contributed by atoms with van der Waals surface area (Å²) in [6, 6.07) is 23.1. The van der Waals surface area contributed by atoms with E-state index in [0.717, 1.165) is 65.1 Å². The number of H-pyrrole nitrogens is 1. The molecule has 1 aromatic heterocycles. The predicted molar refractivity (Wildman–Crippen MR) is 171 cm³/mol. The van der Waals surface area contributed by atoms with Crippen LogP contribution in [0.5, 0.6) is 11.5 Å². The average Bonchev–Trinajstić information content (AvgIpc) is 3.54. The summed E-state index contributed by atoms with van der Waals surface area (Å²) in [5.41, 5.74) is 5.56. The van der Waals surface area contributed by atoms with E-state index in [2.05, 4.69) is 10.3 Å². The number of rotatable bonds is 9. The lowest BCUT2D eigenvalue weighted by Gasteiger charge is -2.27. The number of nitrogens with zero attached hydrogens (tertiary/aromatic N) is 1. The Morgan fingerprint density at radius 1 is 0.907 bits per heavy atom. The fraction of sp³-hybridized carbons (Fsp3) is 0.306. The smallest absolute Gasteiger partial charge is 0.253 e. The second-order valence-corrected chi connectivity index (χ2v) is 11.3. The molecular formula is C36H39N3O4. The molecule has 0 bridgehead atoms. The molecule has 7 heteroatoms. The summed E-state index contributed by atoms with van der Waals surface area (Å²) < 4.78 is 5.97. The monoisotopic (exact) mass is 577 g/mol. The lowest BCUT2D eigenvalue weighted by atomic mass is 9.95. The summed E-state index contributed by atoms with van der Waals surface area (Å²) in [7, 11) is 0. The predicted octanol–water partition coefficient (Wildman–Crippen LogP) is 7.23. The number of pyridine rings is 1. The average molecular weight is 578 g/mol. The van der Waals surface area contributed by atoms with E-state index in [9.17, 15) is 14.4 Å². The van der Waals surface area contributed by atoms with Crippen molar-refractivity contribution in [1.29, 1.82) is 0 Å². The van der Waals surface area contributed by atoms with Gasteiger partial charge in [-0.15, -0.1) is 0 Å².